The largest absolute Gasteiger partial charge is 0.467 e. The summed E-state index contributed by atoms with van der Waals surface area (Å²) in [6.07, 6.45) is 1.48. The normalized spacial score (nSPS) is 11.4. The quantitative estimate of drug-likeness (QED) is 0.824. The molecule has 0 aliphatic rings. The summed E-state index contributed by atoms with van der Waals surface area (Å²) in [7, 11) is -3.99. The third kappa shape index (κ3) is 4.23. The minimum atomic E-state index is -3.99. The molecule has 6 nitrogen and oxygen atoms in total. The number of nitrogens with one attached hydrogen (secondary N) is 2. The number of sulfonamides is 1. The van der Waals surface area contributed by atoms with E-state index in [9.17, 15) is 13.2 Å². The first kappa shape index (κ1) is 16.8. The van der Waals surface area contributed by atoms with Crippen LogP contribution in [0.4, 0.5) is 0 Å². The third-order valence-corrected chi connectivity index (χ3v) is 5.01. The monoisotopic (exact) mass is 362 g/mol. The average molecular weight is 363 g/mol. The molecule has 118 valence electrons. The summed E-state index contributed by atoms with van der Waals surface area (Å²) in [4.78, 5) is 11.4. The minimum Gasteiger partial charge on any atom is -0.467 e. The van der Waals surface area contributed by atoms with E-state index in [0.29, 0.717) is 5.76 Å². The van der Waals surface area contributed by atoms with Crippen molar-refractivity contribution in [3.63, 3.8) is 0 Å². The number of carbonyl (C=O) groups is 1. The second-order valence-corrected chi connectivity index (χ2v) is 6.75. The van der Waals surface area contributed by atoms with Gasteiger partial charge in [0.2, 0.25) is 15.9 Å². The second-order valence-electron chi connectivity index (χ2n) is 4.23. The molecular weight excluding hydrogens is 351 g/mol. The Morgan fingerprint density at radius 2 is 1.82 bits per heavy atom. The summed E-state index contributed by atoms with van der Waals surface area (Å²) in [6.45, 7) is -0.273. The summed E-state index contributed by atoms with van der Waals surface area (Å²) >= 11 is 11.7. The zero-order valence-corrected chi connectivity index (χ0v) is 13.5. The Hall–Kier alpha value is -1.54. The summed E-state index contributed by atoms with van der Waals surface area (Å²) in [5.41, 5.74) is 0. The molecule has 0 atom stereocenters. The van der Waals surface area contributed by atoms with E-state index < -0.39 is 22.5 Å². The van der Waals surface area contributed by atoms with Gasteiger partial charge in [0.25, 0.3) is 0 Å². The Balaban J connectivity index is 1.96. The van der Waals surface area contributed by atoms with Crippen LogP contribution < -0.4 is 10.0 Å². The van der Waals surface area contributed by atoms with Gasteiger partial charge in [0.15, 0.2) is 0 Å². The molecule has 1 aromatic heterocycles. The zero-order chi connectivity index (χ0) is 16.2. The molecule has 0 aliphatic carbocycles. The van der Waals surface area contributed by atoms with E-state index >= 15 is 0 Å². The van der Waals surface area contributed by atoms with Crippen LogP contribution in [0.25, 0.3) is 0 Å². The molecule has 2 aromatic rings. The molecule has 2 N–H and O–H groups in total. The summed E-state index contributed by atoms with van der Waals surface area (Å²) in [5.74, 6) is 0.0495. The van der Waals surface area contributed by atoms with Crippen molar-refractivity contribution in [3.8, 4) is 0 Å². The molecule has 1 aromatic carbocycles. The van der Waals surface area contributed by atoms with E-state index in [-0.39, 0.29) is 21.5 Å². The van der Waals surface area contributed by atoms with E-state index in [1.807, 2.05) is 0 Å². The number of carbonyl (C=O) groups excluding carboxylic acids is 1. The number of benzene rings is 1. The molecule has 1 amide bonds. The van der Waals surface area contributed by atoms with Crippen LogP contribution in [0.15, 0.2) is 45.9 Å². The lowest BCUT2D eigenvalue weighted by molar-refractivity contribution is -0.120. The van der Waals surface area contributed by atoms with Crippen molar-refractivity contribution >= 4 is 39.1 Å². The van der Waals surface area contributed by atoms with Gasteiger partial charge in [-0.2, -0.15) is 0 Å². The van der Waals surface area contributed by atoms with Crippen LogP contribution in [0.5, 0.6) is 0 Å². The van der Waals surface area contributed by atoms with Crippen LogP contribution in [0.1, 0.15) is 5.76 Å². The van der Waals surface area contributed by atoms with Gasteiger partial charge in [0, 0.05) is 0 Å². The van der Waals surface area contributed by atoms with Crippen molar-refractivity contribution in [2.24, 2.45) is 0 Å². The van der Waals surface area contributed by atoms with Gasteiger partial charge < -0.3 is 9.73 Å². The lowest BCUT2D eigenvalue weighted by Crippen LogP contribution is -2.36. The van der Waals surface area contributed by atoms with Gasteiger partial charge in [0.1, 0.15) is 10.7 Å². The van der Waals surface area contributed by atoms with Gasteiger partial charge in [-0.15, -0.1) is 0 Å². The smallest absolute Gasteiger partial charge is 0.244 e. The number of hydrogen-bond donors (Lipinski definition) is 2. The first-order valence-corrected chi connectivity index (χ1v) is 8.37. The number of amides is 1. The van der Waals surface area contributed by atoms with Crippen LogP contribution in [-0.2, 0) is 21.4 Å². The van der Waals surface area contributed by atoms with Crippen molar-refractivity contribution in [2.45, 2.75) is 11.4 Å². The molecule has 0 saturated carbocycles. The van der Waals surface area contributed by atoms with E-state index in [1.54, 1.807) is 12.1 Å². The minimum absolute atomic E-state index is 0.0176. The summed E-state index contributed by atoms with van der Waals surface area (Å²) < 4.78 is 31.5. The molecule has 0 radical (unpaired) electrons. The van der Waals surface area contributed by atoms with Gasteiger partial charge in [-0.1, -0.05) is 29.3 Å². The van der Waals surface area contributed by atoms with Crippen molar-refractivity contribution in [2.75, 3.05) is 6.54 Å². The van der Waals surface area contributed by atoms with Gasteiger partial charge in [0.05, 0.1) is 29.4 Å². The molecule has 0 unspecified atom stereocenters. The molecule has 9 heteroatoms. The first-order chi connectivity index (χ1) is 10.4. The van der Waals surface area contributed by atoms with Crippen molar-refractivity contribution in [1.29, 1.82) is 0 Å². The van der Waals surface area contributed by atoms with Gasteiger partial charge >= 0.3 is 0 Å². The van der Waals surface area contributed by atoms with Crippen LogP contribution in [0.3, 0.4) is 0 Å². The number of halogens is 2. The molecule has 0 aliphatic heterocycles. The maximum atomic E-state index is 12.1. The summed E-state index contributed by atoms with van der Waals surface area (Å²) in [5, 5.41) is 2.48. The zero-order valence-electron chi connectivity index (χ0n) is 11.2. The maximum absolute atomic E-state index is 12.1. The molecule has 1 heterocycles. The Bertz CT molecular complexity index is 740. The maximum Gasteiger partial charge on any atom is 0.244 e. The SMILES string of the molecule is O=C(CNS(=O)(=O)c1c(Cl)cccc1Cl)NCc1ccco1. The van der Waals surface area contributed by atoms with Crippen LogP contribution >= 0.6 is 23.2 Å². The van der Waals surface area contributed by atoms with Crippen LogP contribution in [0, 0.1) is 0 Å². The third-order valence-electron chi connectivity index (χ3n) is 2.65. The van der Waals surface area contributed by atoms with Crippen molar-refractivity contribution in [1.82, 2.24) is 10.0 Å². The highest BCUT2D eigenvalue weighted by molar-refractivity contribution is 7.89. The fraction of sp³-hybridized carbons (Fsp3) is 0.154. The predicted molar refractivity (Wildman–Crippen MR) is 82.2 cm³/mol. The summed E-state index contributed by atoms with van der Waals surface area (Å²) in [6, 6.07) is 7.70. The number of furan rings is 1. The van der Waals surface area contributed by atoms with Crippen molar-refractivity contribution < 1.29 is 17.6 Å². The highest BCUT2D eigenvalue weighted by Crippen LogP contribution is 2.28. The average Bonchev–Trinajstić information content (AvgIpc) is 2.96. The topological polar surface area (TPSA) is 88.4 Å². The van der Waals surface area contributed by atoms with Gasteiger partial charge in [-0.3, -0.25) is 4.79 Å². The molecule has 0 saturated heterocycles. The Morgan fingerprint density at radius 1 is 1.14 bits per heavy atom. The first-order valence-electron chi connectivity index (χ1n) is 6.13. The van der Waals surface area contributed by atoms with E-state index in [0.717, 1.165) is 0 Å². The molecule has 0 spiro atoms. The highest BCUT2D eigenvalue weighted by atomic mass is 35.5. The Kier molecular flexibility index (Phi) is 5.47. The Labute approximate surface area is 137 Å². The standard InChI is InChI=1S/C13H12Cl2N2O4S/c14-10-4-1-5-11(15)13(10)22(19,20)17-8-12(18)16-7-9-3-2-6-21-9/h1-6,17H,7-8H2,(H,16,18). The molecule has 0 fully saturated rings. The van der Waals surface area contributed by atoms with E-state index in [2.05, 4.69) is 10.0 Å². The number of hydrogen-bond acceptors (Lipinski definition) is 4. The number of rotatable bonds is 6. The highest BCUT2D eigenvalue weighted by Gasteiger charge is 2.22. The molecule has 0 bridgehead atoms. The van der Waals surface area contributed by atoms with Gasteiger partial charge in [-0.05, 0) is 24.3 Å². The lowest BCUT2D eigenvalue weighted by atomic mass is 10.4. The molecule has 2 rings (SSSR count). The second kappa shape index (κ2) is 7.15. The lowest BCUT2D eigenvalue weighted by Gasteiger charge is -2.10. The molecule has 22 heavy (non-hydrogen) atoms. The molecular formula is C13H12Cl2N2O4S. The van der Waals surface area contributed by atoms with Crippen LogP contribution in [-0.4, -0.2) is 20.9 Å². The van der Waals surface area contributed by atoms with E-state index in [1.165, 1.54) is 24.5 Å². The predicted octanol–water partition coefficient (Wildman–Crippen LogP) is 2.18. The van der Waals surface area contributed by atoms with E-state index in [4.69, 9.17) is 27.6 Å². The fourth-order valence-corrected chi connectivity index (χ4v) is 3.76. The van der Waals surface area contributed by atoms with Crippen LogP contribution in [0.2, 0.25) is 10.0 Å². The Morgan fingerprint density at radius 3 is 2.41 bits per heavy atom. The fourth-order valence-electron chi connectivity index (χ4n) is 1.63. The van der Waals surface area contributed by atoms with Crippen molar-refractivity contribution in [3.05, 3.63) is 52.4 Å². The van der Waals surface area contributed by atoms with Gasteiger partial charge in [-0.25, -0.2) is 13.1 Å².